The van der Waals surface area contributed by atoms with Gasteiger partial charge in [0.15, 0.2) is 0 Å². The molecule has 2 aliphatic carbocycles. The highest BCUT2D eigenvalue weighted by atomic mass is 32.1. The Morgan fingerprint density at radius 1 is 1.30 bits per heavy atom. The number of carbonyl (C=O) groups excluding carboxylic acids is 1. The zero-order valence-electron chi connectivity index (χ0n) is 18.7. The van der Waals surface area contributed by atoms with Crippen molar-refractivity contribution < 1.29 is 9.53 Å². The van der Waals surface area contributed by atoms with Gasteiger partial charge in [0, 0.05) is 35.3 Å². The minimum absolute atomic E-state index is 0.0635. The molecular weight excluding hydrogens is 436 g/mol. The molecule has 170 valence electrons. The fourth-order valence-electron chi connectivity index (χ4n) is 4.82. The largest absolute Gasteiger partial charge is 0.492 e. The van der Waals surface area contributed by atoms with Gasteiger partial charge in [-0.1, -0.05) is 0 Å². The highest BCUT2D eigenvalue weighted by molar-refractivity contribution is 7.19. The molecule has 1 unspecified atom stereocenters. The molecule has 0 bridgehead atoms. The van der Waals surface area contributed by atoms with Gasteiger partial charge < -0.3 is 15.0 Å². The molecule has 2 N–H and O–H groups in total. The fourth-order valence-corrected chi connectivity index (χ4v) is 6.08. The lowest BCUT2D eigenvalue weighted by molar-refractivity contribution is -0.135. The fraction of sp³-hybridized carbons (Fsp3) is 0.417. The molecule has 1 aromatic carbocycles. The maximum atomic E-state index is 13.0. The Morgan fingerprint density at radius 3 is 3.00 bits per heavy atom. The van der Waals surface area contributed by atoms with Crippen LogP contribution < -0.4 is 10.1 Å². The van der Waals surface area contributed by atoms with Gasteiger partial charge in [-0.05, 0) is 50.7 Å². The number of fused-ring (bicyclic) bond motifs is 4. The number of anilines is 2. The minimum Gasteiger partial charge on any atom is -0.492 e. The molecule has 1 fully saturated rings. The van der Waals surface area contributed by atoms with Crippen molar-refractivity contribution in [2.75, 3.05) is 19.0 Å². The summed E-state index contributed by atoms with van der Waals surface area (Å²) in [6.45, 7) is 2.53. The van der Waals surface area contributed by atoms with E-state index in [-0.39, 0.29) is 5.92 Å². The summed E-state index contributed by atoms with van der Waals surface area (Å²) in [5, 5.41) is 12.7. The van der Waals surface area contributed by atoms with Crippen LogP contribution in [0.15, 0.2) is 24.7 Å². The van der Waals surface area contributed by atoms with Gasteiger partial charge in [-0.3, -0.25) is 9.89 Å². The Balaban J connectivity index is 1.34. The predicted octanol–water partition coefficient (Wildman–Crippen LogP) is 4.44. The molecule has 1 amide bonds. The Labute approximate surface area is 195 Å². The van der Waals surface area contributed by atoms with Gasteiger partial charge in [-0.25, -0.2) is 9.97 Å². The van der Waals surface area contributed by atoms with Crippen LogP contribution in [-0.4, -0.2) is 50.7 Å². The number of amides is 1. The molecule has 9 heteroatoms. The van der Waals surface area contributed by atoms with Gasteiger partial charge in [-0.2, -0.15) is 5.10 Å². The molecule has 0 radical (unpaired) electrons. The molecule has 0 saturated heterocycles. The summed E-state index contributed by atoms with van der Waals surface area (Å²) < 4.78 is 5.89. The summed E-state index contributed by atoms with van der Waals surface area (Å²) in [6, 6.07) is 4.44. The Kier molecular flexibility index (Phi) is 4.94. The highest BCUT2D eigenvalue weighted by Crippen LogP contribution is 2.42. The highest BCUT2D eigenvalue weighted by Gasteiger charge is 2.36. The van der Waals surface area contributed by atoms with Gasteiger partial charge in [0.25, 0.3) is 0 Å². The zero-order valence-corrected chi connectivity index (χ0v) is 19.5. The predicted molar refractivity (Wildman–Crippen MR) is 129 cm³/mol. The van der Waals surface area contributed by atoms with E-state index in [1.165, 1.54) is 10.4 Å². The number of nitrogens with zero attached hydrogens (tertiary/aromatic N) is 4. The van der Waals surface area contributed by atoms with Gasteiger partial charge >= 0.3 is 0 Å². The second-order valence-electron chi connectivity index (χ2n) is 8.89. The Hall–Kier alpha value is -3.20. The van der Waals surface area contributed by atoms with Crippen molar-refractivity contribution in [3.8, 4) is 5.75 Å². The number of hydrogen-bond acceptors (Lipinski definition) is 7. The smallest absolute Gasteiger partial charge is 0.226 e. The molecular formula is C24H26N6O2S. The van der Waals surface area contributed by atoms with E-state index >= 15 is 0 Å². The maximum absolute atomic E-state index is 13.0. The van der Waals surface area contributed by atoms with Gasteiger partial charge in [0.05, 0.1) is 29.4 Å². The van der Waals surface area contributed by atoms with Crippen molar-refractivity contribution >= 4 is 49.9 Å². The number of rotatable bonds is 6. The van der Waals surface area contributed by atoms with Crippen LogP contribution in [0.3, 0.4) is 0 Å². The lowest BCUT2D eigenvalue weighted by Crippen LogP contribution is -2.36. The lowest BCUT2D eigenvalue weighted by atomic mass is 9.87. The number of nitrogens with one attached hydrogen (secondary N) is 2. The van der Waals surface area contributed by atoms with Crippen LogP contribution >= 0.6 is 11.3 Å². The van der Waals surface area contributed by atoms with Crippen LogP contribution in [0.25, 0.3) is 21.1 Å². The van der Waals surface area contributed by atoms with Crippen molar-refractivity contribution in [1.82, 2.24) is 25.1 Å². The van der Waals surface area contributed by atoms with Crippen molar-refractivity contribution in [2.45, 2.75) is 45.1 Å². The van der Waals surface area contributed by atoms with Crippen molar-refractivity contribution in [3.63, 3.8) is 0 Å². The molecule has 2 aliphatic rings. The van der Waals surface area contributed by atoms with E-state index in [9.17, 15) is 4.79 Å². The average molecular weight is 463 g/mol. The first-order chi connectivity index (χ1) is 16.1. The molecule has 3 heterocycles. The summed E-state index contributed by atoms with van der Waals surface area (Å²) in [6.07, 6.45) is 8.21. The van der Waals surface area contributed by atoms with Gasteiger partial charge in [-0.15, -0.1) is 11.3 Å². The van der Waals surface area contributed by atoms with E-state index in [1.54, 1.807) is 23.9 Å². The second kappa shape index (κ2) is 7.98. The summed E-state index contributed by atoms with van der Waals surface area (Å²) >= 11 is 1.69. The minimum atomic E-state index is 0.0635. The van der Waals surface area contributed by atoms with E-state index in [0.29, 0.717) is 18.6 Å². The molecule has 8 nitrogen and oxygen atoms in total. The van der Waals surface area contributed by atoms with E-state index in [0.717, 1.165) is 70.5 Å². The molecule has 3 aromatic heterocycles. The number of H-pyrrole nitrogens is 1. The van der Waals surface area contributed by atoms with E-state index in [1.807, 2.05) is 31.0 Å². The SMILES string of the molecule is CCOc1cc2[nH]ncc2cc1Nc1ncnc2sc3c(c12)CCC(C(=O)N(C)C1CC1)C3. The van der Waals surface area contributed by atoms with Crippen LogP contribution in [0, 0.1) is 5.92 Å². The number of benzene rings is 1. The normalized spacial score (nSPS) is 17.8. The van der Waals surface area contributed by atoms with E-state index < -0.39 is 0 Å². The molecule has 1 atom stereocenters. The molecule has 6 rings (SSSR count). The summed E-state index contributed by atoms with van der Waals surface area (Å²) in [5.41, 5.74) is 3.05. The first-order valence-electron chi connectivity index (χ1n) is 11.5. The summed E-state index contributed by atoms with van der Waals surface area (Å²) in [5.74, 6) is 1.88. The van der Waals surface area contributed by atoms with E-state index in [2.05, 4.69) is 25.5 Å². The monoisotopic (exact) mass is 462 g/mol. The van der Waals surface area contributed by atoms with Crippen LogP contribution in [-0.2, 0) is 17.6 Å². The number of thiophene rings is 1. The third-order valence-corrected chi connectivity index (χ3v) is 7.89. The topological polar surface area (TPSA) is 96.0 Å². The zero-order chi connectivity index (χ0) is 22.5. The Morgan fingerprint density at radius 2 is 2.18 bits per heavy atom. The first kappa shape index (κ1) is 20.4. The second-order valence-corrected chi connectivity index (χ2v) is 9.97. The molecule has 4 aromatic rings. The summed E-state index contributed by atoms with van der Waals surface area (Å²) in [7, 11) is 1.96. The quantitative estimate of drug-likeness (QED) is 0.440. The van der Waals surface area contributed by atoms with Crippen LogP contribution in [0.4, 0.5) is 11.5 Å². The number of hydrogen-bond donors (Lipinski definition) is 2. The summed E-state index contributed by atoms with van der Waals surface area (Å²) in [4.78, 5) is 26.3. The standard InChI is InChI=1S/C24H26N6O2S/c1-3-32-19-10-17-14(11-27-29-17)8-18(19)28-22-21-16-7-4-13(24(31)30(2)15-5-6-15)9-20(16)33-23(21)26-12-25-22/h8,10-13,15H,3-7,9H2,1-2H3,(H,27,29)(H,25,26,28). The third kappa shape index (κ3) is 3.60. The lowest BCUT2D eigenvalue weighted by Gasteiger charge is -2.26. The van der Waals surface area contributed by atoms with Crippen molar-refractivity contribution in [3.05, 3.63) is 35.1 Å². The third-order valence-electron chi connectivity index (χ3n) is 6.73. The molecule has 1 saturated carbocycles. The van der Waals surface area contributed by atoms with Crippen LogP contribution in [0.1, 0.15) is 36.6 Å². The molecule has 0 aliphatic heterocycles. The molecule has 0 spiro atoms. The van der Waals surface area contributed by atoms with Gasteiger partial charge in [0.2, 0.25) is 5.91 Å². The number of ether oxygens (including phenoxy) is 1. The van der Waals surface area contributed by atoms with Crippen molar-refractivity contribution in [1.29, 1.82) is 0 Å². The van der Waals surface area contributed by atoms with Crippen LogP contribution in [0.5, 0.6) is 5.75 Å². The maximum Gasteiger partial charge on any atom is 0.226 e. The van der Waals surface area contributed by atoms with Crippen molar-refractivity contribution in [2.24, 2.45) is 5.92 Å². The first-order valence-corrected chi connectivity index (χ1v) is 12.3. The van der Waals surface area contributed by atoms with E-state index in [4.69, 9.17) is 4.74 Å². The Bertz CT molecular complexity index is 1360. The number of aromatic amines is 1. The molecule has 33 heavy (non-hydrogen) atoms. The number of aryl methyl sites for hydroxylation is 1. The number of aromatic nitrogens is 4. The average Bonchev–Trinajstić information content (AvgIpc) is 3.46. The number of carbonyl (C=O) groups is 1. The van der Waals surface area contributed by atoms with Gasteiger partial charge in [0.1, 0.15) is 22.7 Å². The van der Waals surface area contributed by atoms with Crippen LogP contribution in [0.2, 0.25) is 0 Å².